The summed E-state index contributed by atoms with van der Waals surface area (Å²) in [5, 5.41) is 0.744. The number of likely N-dealkylation sites (tertiary alicyclic amines) is 1. The van der Waals surface area contributed by atoms with Gasteiger partial charge in [-0.2, -0.15) is 16.5 Å². The smallest absolute Gasteiger partial charge is 0.243 e. The quantitative estimate of drug-likeness (QED) is 0.0890. The fraction of sp³-hybridized carbons (Fsp3) is 0.295. The fourth-order valence-electron chi connectivity index (χ4n) is 7.71. The molecule has 6 aromatic rings. The molecule has 3 heterocycles. The number of amides is 1. The van der Waals surface area contributed by atoms with E-state index in [1.807, 2.05) is 48.5 Å². The van der Waals surface area contributed by atoms with E-state index in [1.165, 1.54) is 0 Å². The van der Waals surface area contributed by atoms with E-state index in [9.17, 15) is 13.2 Å². The molecule has 1 aliphatic rings. The van der Waals surface area contributed by atoms with Crippen molar-refractivity contribution in [2.75, 3.05) is 18.8 Å². The summed E-state index contributed by atoms with van der Waals surface area (Å²) in [6.45, 7) is 5.39. The third-order valence-corrected chi connectivity index (χ3v) is 13.1. The molecule has 54 heavy (non-hydrogen) atoms. The van der Waals surface area contributed by atoms with Crippen LogP contribution in [0.15, 0.2) is 139 Å². The predicted octanol–water partition coefficient (Wildman–Crippen LogP) is 8.20. The molecule has 0 radical (unpaired) electrons. The third-order valence-electron chi connectivity index (χ3n) is 10.6. The number of nitrogens with zero attached hydrogens (tertiary/aromatic N) is 4. The van der Waals surface area contributed by atoms with E-state index >= 15 is 0 Å². The zero-order valence-corrected chi connectivity index (χ0v) is 32.5. The maximum atomic E-state index is 14.1. The lowest BCUT2D eigenvalue weighted by atomic mass is 9.77. The highest BCUT2D eigenvalue weighted by molar-refractivity contribution is 7.98. The largest absolute Gasteiger partial charge is 0.341 e. The van der Waals surface area contributed by atoms with Gasteiger partial charge in [0.2, 0.25) is 15.9 Å². The SMILES string of the molecule is CCC1CCN(C(=O)C(CCSCc2cn(C(c3ccccc3)(c3ccccc3)c3ccccc3)cn2)NS(=O)(=O)c2cccc3cc(C)cnc23)CC1. The summed E-state index contributed by atoms with van der Waals surface area (Å²) < 4.78 is 33.0. The average Bonchev–Trinajstić information content (AvgIpc) is 3.69. The van der Waals surface area contributed by atoms with Crippen LogP contribution in [0.25, 0.3) is 10.9 Å². The van der Waals surface area contributed by atoms with Gasteiger partial charge in [-0.25, -0.2) is 13.4 Å². The molecule has 1 amide bonds. The minimum absolute atomic E-state index is 0.0828. The Morgan fingerprint density at radius 1 is 0.870 bits per heavy atom. The number of nitrogens with one attached hydrogen (secondary N) is 1. The van der Waals surface area contributed by atoms with Gasteiger partial charge in [0.1, 0.15) is 16.5 Å². The molecule has 278 valence electrons. The molecule has 1 N–H and O–H groups in total. The summed E-state index contributed by atoms with van der Waals surface area (Å²) in [5.41, 5.74) is 4.94. The zero-order valence-electron chi connectivity index (χ0n) is 30.8. The van der Waals surface area contributed by atoms with Gasteiger partial charge in [0.25, 0.3) is 0 Å². The lowest BCUT2D eigenvalue weighted by molar-refractivity contribution is -0.134. The van der Waals surface area contributed by atoms with Gasteiger partial charge >= 0.3 is 0 Å². The summed E-state index contributed by atoms with van der Waals surface area (Å²) in [7, 11) is -4.06. The van der Waals surface area contributed by atoms with Crippen molar-refractivity contribution in [1.82, 2.24) is 24.2 Å². The Bertz CT molecular complexity index is 2180. The molecule has 0 aliphatic carbocycles. The third kappa shape index (κ3) is 7.87. The van der Waals surface area contributed by atoms with Gasteiger partial charge in [-0.05, 0) is 72.2 Å². The summed E-state index contributed by atoms with van der Waals surface area (Å²) >= 11 is 1.65. The van der Waals surface area contributed by atoms with E-state index in [1.54, 1.807) is 30.1 Å². The Morgan fingerprint density at radius 3 is 2.07 bits per heavy atom. The molecule has 8 nitrogen and oxygen atoms in total. The Morgan fingerprint density at radius 2 is 1.48 bits per heavy atom. The number of pyridine rings is 1. The number of aryl methyl sites for hydroxylation is 1. The molecule has 1 aliphatic heterocycles. The molecule has 0 bridgehead atoms. The van der Waals surface area contributed by atoms with Crippen molar-refractivity contribution in [2.24, 2.45) is 5.92 Å². The highest BCUT2D eigenvalue weighted by Crippen LogP contribution is 2.41. The Balaban J connectivity index is 1.12. The Kier molecular flexibility index (Phi) is 11.6. The molecule has 4 aromatic carbocycles. The summed E-state index contributed by atoms with van der Waals surface area (Å²) in [6.07, 6.45) is 8.98. The van der Waals surface area contributed by atoms with Crippen molar-refractivity contribution in [1.29, 1.82) is 0 Å². The van der Waals surface area contributed by atoms with Crippen molar-refractivity contribution >= 4 is 38.6 Å². The van der Waals surface area contributed by atoms with Crippen LogP contribution in [0.2, 0.25) is 0 Å². The first-order chi connectivity index (χ1) is 26.3. The molecule has 1 atom stereocenters. The Hall–Kier alpha value is -4.77. The number of aromatic nitrogens is 3. The maximum Gasteiger partial charge on any atom is 0.243 e. The molecule has 0 saturated carbocycles. The van der Waals surface area contributed by atoms with Crippen LogP contribution in [0, 0.1) is 12.8 Å². The van der Waals surface area contributed by atoms with Gasteiger partial charge in [0.15, 0.2) is 0 Å². The monoisotopic (exact) mass is 757 g/mol. The number of hydrogen-bond donors (Lipinski definition) is 1. The highest BCUT2D eigenvalue weighted by Gasteiger charge is 2.38. The summed E-state index contributed by atoms with van der Waals surface area (Å²) in [4.78, 5) is 25.3. The van der Waals surface area contributed by atoms with Gasteiger partial charge in [0, 0.05) is 36.6 Å². The van der Waals surface area contributed by atoms with Gasteiger partial charge < -0.3 is 9.47 Å². The lowest BCUT2D eigenvalue weighted by Crippen LogP contribution is -2.50. The first-order valence-electron chi connectivity index (χ1n) is 18.7. The number of thioether (sulfide) groups is 1. The standard InChI is InChI=1S/C44H47N5O3S2/c1-3-34-22-25-48(26-23-34)43(50)40(47-54(51,52)41-21-13-14-35-28-33(2)29-45-42(35)41)24-27-53-31-39-30-49(32-46-39)44(36-15-7-4-8-16-36,37-17-9-5-10-18-37)38-19-11-6-12-20-38/h4-21,28-30,32,34,40,47H,3,22-27,31H2,1-2H3. The van der Waals surface area contributed by atoms with Gasteiger partial charge in [-0.1, -0.05) is 116 Å². The molecule has 1 saturated heterocycles. The molecule has 10 heteroatoms. The van der Waals surface area contributed by atoms with E-state index in [-0.39, 0.29) is 10.8 Å². The maximum absolute atomic E-state index is 14.1. The van der Waals surface area contributed by atoms with Crippen LogP contribution in [0.3, 0.4) is 0 Å². The number of fused-ring (bicyclic) bond motifs is 1. The molecule has 2 aromatic heterocycles. The first kappa shape index (κ1) is 37.5. The van der Waals surface area contributed by atoms with E-state index in [0.29, 0.717) is 42.5 Å². The fourth-order valence-corrected chi connectivity index (χ4v) is 10.0. The number of sulfonamides is 1. The first-order valence-corrected chi connectivity index (χ1v) is 21.4. The summed E-state index contributed by atoms with van der Waals surface area (Å²) in [5.74, 6) is 1.59. The van der Waals surface area contributed by atoms with Crippen LogP contribution in [-0.4, -0.2) is 58.6 Å². The second kappa shape index (κ2) is 16.7. The minimum Gasteiger partial charge on any atom is -0.341 e. The number of carbonyl (C=O) groups excluding carboxylic acids is 1. The molecular formula is C44H47N5O3S2. The number of para-hydroxylation sites is 1. The van der Waals surface area contributed by atoms with Gasteiger partial charge in [-0.3, -0.25) is 9.78 Å². The lowest BCUT2D eigenvalue weighted by Gasteiger charge is -2.37. The van der Waals surface area contributed by atoms with Crippen LogP contribution < -0.4 is 4.72 Å². The highest BCUT2D eigenvalue weighted by atomic mass is 32.2. The van der Waals surface area contributed by atoms with Crippen LogP contribution in [-0.2, 0) is 26.1 Å². The van der Waals surface area contributed by atoms with Crippen molar-refractivity contribution in [3.63, 3.8) is 0 Å². The second-order valence-electron chi connectivity index (χ2n) is 14.1. The van der Waals surface area contributed by atoms with Gasteiger partial charge in [0.05, 0.1) is 17.5 Å². The van der Waals surface area contributed by atoms with Crippen molar-refractivity contribution < 1.29 is 13.2 Å². The predicted molar refractivity (Wildman–Crippen MR) is 218 cm³/mol. The Labute approximate surface area is 323 Å². The van der Waals surface area contributed by atoms with Crippen molar-refractivity contribution in [3.8, 4) is 0 Å². The van der Waals surface area contributed by atoms with Crippen LogP contribution in [0.5, 0.6) is 0 Å². The molecule has 1 unspecified atom stereocenters. The van der Waals surface area contributed by atoms with Crippen LogP contribution >= 0.6 is 11.8 Å². The number of benzene rings is 4. The average molecular weight is 758 g/mol. The van der Waals surface area contributed by atoms with Crippen molar-refractivity contribution in [3.05, 3.63) is 162 Å². The van der Waals surface area contributed by atoms with Crippen molar-refractivity contribution in [2.45, 2.75) is 61.8 Å². The molecule has 0 spiro atoms. The number of carbonyl (C=O) groups is 1. The van der Waals surface area contributed by atoms with Crippen LogP contribution in [0.4, 0.5) is 0 Å². The zero-order chi connectivity index (χ0) is 37.5. The number of rotatable bonds is 14. The minimum atomic E-state index is -4.06. The number of piperidine rings is 1. The summed E-state index contributed by atoms with van der Waals surface area (Å²) in [6, 6.07) is 37.6. The normalized spacial score (nSPS) is 14.7. The molecule has 1 fully saturated rings. The molecular weight excluding hydrogens is 711 g/mol. The van der Waals surface area contributed by atoms with E-state index in [2.05, 4.69) is 100 Å². The van der Waals surface area contributed by atoms with Gasteiger partial charge in [-0.15, -0.1) is 0 Å². The number of imidazole rings is 1. The number of hydrogen-bond acceptors (Lipinski definition) is 6. The second-order valence-corrected chi connectivity index (χ2v) is 16.9. The van der Waals surface area contributed by atoms with E-state index in [4.69, 9.17) is 4.98 Å². The molecule has 7 rings (SSSR count). The van der Waals surface area contributed by atoms with Crippen LogP contribution in [0.1, 0.15) is 60.6 Å². The topological polar surface area (TPSA) is 97.2 Å². The van der Waals surface area contributed by atoms with E-state index < -0.39 is 21.6 Å². The van der Waals surface area contributed by atoms with E-state index in [0.717, 1.165) is 52.6 Å².